The van der Waals surface area contributed by atoms with E-state index in [4.69, 9.17) is 30.6 Å². The first-order valence-electron chi connectivity index (χ1n) is 14.5. The van der Waals surface area contributed by atoms with Crippen molar-refractivity contribution in [3.8, 4) is 5.75 Å². The van der Waals surface area contributed by atoms with E-state index in [9.17, 15) is 24.0 Å². The number of ether oxygens (including phenoxy) is 3. The first-order valence-corrected chi connectivity index (χ1v) is 18.3. The molecule has 0 saturated carbocycles. The van der Waals surface area contributed by atoms with Crippen molar-refractivity contribution < 1.29 is 47.7 Å². The molecule has 2 aliphatic rings. The third-order valence-electron chi connectivity index (χ3n) is 6.69. The largest absolute Gasteiger partial charge is 0.541 e. The highest BCUT2D eigenvalue weighted by molar-refractivity contribution is 14.1. The molecule has 2 N–H and O–H groups in total. The number of benzene rings is 1. The van der Waals surface area contributed by atoms with Crippen LogP contribution in [0.4, 0.5) is 9.93 Å². The van der Waals surface area contributed by atoms with Gasteiger partial charge in [0.05, 0.1) is 7.11 Å². The molecule has 0 bridgehead atoms. The maximum Gasteiger partial charge on any atom is 0.413 e. The number of rotatable bonds is 12. The number of β-lactam (4-membered cyclic amide) rings is 1. The summed E-state index contributed by atoms with van der Waals surface area (Å²) in [5, 5.41) is 8.26. The van der Waals surface area contributed by atoms with Crippen molar-refractivity contribution >= 4 is 106 Å². The SMILES string of the molecule is BOC(=O)[C@H](C)O/N=C(\C(=O)NC1C(=O)N2C(C(=O)OCc3ccc(OC)cc3)=C(CI)CSC12)c1nc(NC(=O)OC(C)(C)C)sc1Cl. The van der Waals surface area contributed by atoms with Crippen LogP contribution >= 0.6 is 57.3 Å². The van der Waals surface area contributed by atoms with Gasteiger partial charge in [-0.1, -0.05) is 62.8 Å². The van der Waals surface area contributed by atoms with Crippen molar-refractivity contribution in [2.24, 2.45) is 5.16 Å². The number of carbonyl (C=O) groups is 5. The zero-order valence-corrected chi connectivity index (χ0v) is 31.7. The Morgan fingerprint density at radius 2 is 1.92 bits per heavy atom. The summed E-state index contributed by atoms with van der Waals surface area (Å²) in [6, 6.07) is 5.94. The lowest BCUT2D eigenvalue weighted by Crippen LogP contribution is -2.71. The number of methoxy groups -OCH3 is 1. The Labute approximate surface area is 309 Å². The number of hydrogen-bond acceptors (Lipinski definition) is 14. The van der Waals surface area contributed by atoms with Gasteiger partial charge in [-0.3, -0.25) is 19.8 Å². The van der Waals surface area contributed by atoms with E-state index in [-0.39, 0.29) is 27.5 Å². The number of esters is 1. The Balaban J connectivity index is 1.53. The van der Waals surface area contributed by atoms with Crippen molar-refractivity contribution in [3.63, 3.8) is 0 Å². The molecule has 1 fully saturated rings. The highest BCUT2D eigenvalue weighted by Gasteiger charge is 2.54. The Kier molecular flexibility index (Phi) is 12.8. The molecule has 0 spiro atoms. The maximum atomic E-state index is 13.7. The monoisotopic (exact) mass is 847 g/mol. The Bertz CT molecular complexity index is 1680. The molecule has 49 heavy (non-hydrogen) atoms. The predicted molar refractivity (Wildman–Crippen MR) is 192 cm³/mol. The normalized spacial score (nSPS) is 18.1. The Hall–Kier alpha value is -3.56. The number of anilines is 1. The molecular weight excluding hydrogens is 816 g/mol. The molecule has 3 heterocycles. The fraction of sp³-hybridized carbons (Fsp3) is 0.414. The summed E-state index contributed by atoms with van der Waals surface area (Å²) in [5.74, 6) is -1.84. The van der Waals surface area contributed by atoms with E-state index in [1.807, 2.05) is 0 Å². The van der Waals surface area contributed by atoms with Gasteiger partial charge in [0.1, 0.15) is 45.1 Å². The number of alkyl halides is 1. The molecule has 1 aromatic carbocycles. The minimum absolute atomic E-state index is 0.0150. The fourth-order valence-corrected chi connectivity index (χ4v) is 7.72. The molecule has 4 rings (SSSR count). The summed E-state index contributed by atoms with van der Waals surface area (Å²) in [4.78, 5) is 75.5. The predicted octanol–water partition coefficient (Wildman–Crippen LogP) is 3.19. The van der Waals surface area contributed by atoms with Crippen molar-refractivity contribution in [1.29, 1.82) is 0 Å². The van der Waals surface area contributed by atoms with E-state index in [0.29, 0.717) is 21.5 Å². The molecule has 3 atom stereocenters. The van der Waals surface area contributed by atoms with Gasteiger partial charge in [0, 0.05) is 10.2 Å². The quantitative estimate of drug-likeness (QED) is 0.0606. The lowest BCUT2D eigenvalue weighted by molar-refractivity contribution is -0.153. The average molecular weight is 848 g/mol. The molecular formula is C29H32BClIN5O10S2. The molecule has 2 unspecified atom stereocenters. The van der Waals surface area contributed by atoms with Crippen molar-refractivity contribution in [2.45, 2.75) is 57.4 Å². The number of hydrogen-bond donors (Lipinski definition) is 2. The number of carbonyl (C=O) groups excluding carboxylic acids is 5. The molecule has 0 aliphatic carbocycles. The van der Waals surface area contributed by atoms with Crippen LogP contribution in [0.2, 0.25) is 4.34 Å². The van der Waals surface area contributed by atoms with Gasteiger partial charge >= 0.3 is 26.1 Å². The van der Waals surface area contributed by atoms with Gasteiger partial charge in [0.2, 0.25) is 6.10 Å². The van der Waals surface area contributed by atoms with E-state index >= 15 is 0 Å². The van der Waals surface area contributed by atoms with E-state index in [2.05, 4.69) is 48.0 Å². The van der Waals surface area contributed by atoms with Crippen LogP contribution in [0.3, 0.4) is 0 Å². The van der Waals surface area contributed by atoms with Crippen LogP contribution in [0.25, 0.3) is 0 Å². The lowest BCUT2D eigenvalue weighted by atomic mass is 10.0. The van der Waals surface area contributed by atoms with Crippen LogP contribution in [-0.4, -0.2) is 93.9 Å². The smallest absolute Gasteiger partial charge is 0.413 e. The summed E-state index contributed by atoms with van der Waals surface area (Å²) in [6.45, 7) is 6.37. The Morgan fingerprint density at radius 3 is 2.53 bits per heavy atom. The van der Waals surface area contributed by atoms with Gasteiger partial charge in [-0.2, -0.15) is 0 Å². The maximum absolute atomic E-state index is 13.7. The topological polar surface area (TPSA) is 184 Å². The number of nitrogens with one attached hydrogen (secondary N) is 2. The molecule has 3 amide bonds. The first kappa shape index (κ1) is 38.3. The highest BCUT2D eigenvalue weighted by Crippen LogP contribution is 2.41. The van der Waals surface area contributed by atoms with Crippen molar-refractivity contribution in [1.82, 2.24) is 15.2 Å². The number of nitrogens with zero attached hydrogens (tertiary/aromatic N) is 3. The third-order valence-corrected chi connectivity index (χ3v) is 10.1. The molecule has 0 radical (unpaired) electrons. The second-order valence-corrected chi connectivity index (χ2v) is 14.8. The van der Waals surface area contributed by atoms with Gasteiger partial charge in [0.15, 0.2) is 10.8 Å². The number of thiazole rings is 1. The van der Waals surface area contributed by atoms with Crippen LogP contribution in [0.15, 0.2) is 40.7 Å². The zero-order chi connectivity index (χ0) is 36.0. The van der Waals surface area contributed by atoms with Crippen LogP contribution in [-0.2, 0) is 44.8 Å². The number of halogens is 2. The number of oxime groups is 1. The number of amides is 3. The lowest BCUT2D eigenvalue weighted by Gasteiger charge is -2.49. The molecule has 1 aromatic heterocycles. The second kappa shape index (κ2) is 16.4. The van der Waals surface area contributed by atoms with Crippen molar-refractivity contribution in [3.05, 3.63) is 51.1 Å². The van der Waals surface area contributed by atoms with Crippen LogP contribution < -0.4 is 15.4 Å². The summed E-state index contributed by atoms with van der Waals surface area (Å²) in [5.41, 5.74) is 0.107. The highest BCUT2D eigenvalue weighted by atomic mass is 127. The second-order valence-electron chi connectivity index (χ2n) is 11.3. The van der Waals surface area contributed by atoms with Crippen LogP contribution in [0, 0.1) is 0 Å². The van der Waals surface area contributed by atoms with E-state index in [1.54, 1.807) is 52.1 Å². The van der Waals surface area contributed by atoms with Crippen LogP contribution in [0.5, 0.6) is 5.75 Å². The van der Waals surface area contributed by atoms with E-state index < -0.39 is 58.7 Å². The number of thioether (sulfide) groups is 1. The molecule has 20 heteroatoms. The summed E-state index contributed by atoms with van der Waals surface area (Å²) in [7, 11) is 2.70. The number of fused-ring (bicyclic) bond motifs is 1. The minimum atomic E-state index is -1.22. The van der Waals surface area contributed by atoms with Gasteiger partial charge in [-0.05, 0) is 51.0 Å². The summed E-state index contributed by atoms with van der Waals surface area (Å²) < 4.78 is 21.0. The number of aromatic nitrogens is 1. The molecule has 262 valence electrons. The standard InChI is InChI=1S/C29H32BClIN5O10S2/c1-13(25(40)46-30)47-36-18(17-21(31)49-27(34-17)35-28(42)45-29(2,3)4)22(38)33-19-23(39)37-20(15(10-32)12-48-24(19)37)26(41)44-11-14-6-8-16(43-5)9-7-14/h6-9,13,19,24H,10-12,30H2,1-5H3,(H,33,38)(H,34,35,42)/b36-18-/t13-,19?,24?/m0/s1. The fourth-order valence-electron chi connectivity index (χ4n) is 4.35. The minimum Gasteiger partial charge on any atom is -0.541 e. The summed E-state index contributed by atoms with van der Waals surface area (Å²) >= 11 is 10.7. The van der Waals surface area contributed by atoms with Crippen molar-refractivity contribution in [2.75, 3.05) is 22.6 Å². The zero-order valence-electron chi connectivity index (χ0n) is 27.2. The first-order chi connectivity index (χ1) is 23.2. The molecule has 15 nitrogen and oxygen atoms in total. The van der Waals surface area contributed by atoms with Gasteiger partial charge in [-0.15, -0.1) is 11.8 Å². The average Bonchev–Trinajstić information content (AvgIpc) is 3.42. The third kappa shape index (κ3) is 9.37. The van der Waals surface area contributed by atoms with E-state index in [0.717, 1.165) is 24.9 Å². The van der Waals surface area contributed by atoms with Crippen LogP contribution in [0.1, 0.15) is 39.0 Å². The molecule has 1 saturated heterocycles. The van der Waals surface area contributed by atoms with E-state index in [1.165, 1.54) is 23.6 Å². The van der Waals surface area contributed by atoms with Gasteiger partial charge in [0.25, 0.3) is 11.8 Å². The van der Waals surface area contributed by atoms with Gasteiger partial charge < -0.3 is 29.0 Å². The van der Waals surface area contributed by atoms with Gasteiger partial charge in [-0.25, -0.2) is 19.4 Å². The Morgan fingerprint density at radius 1 is 1.22 bits per heavy atom. The molecule has 2 aromatic rings. The molecule has 2 aliphatic heterocycles. The summed E-state index contributed by atoms with van der Waals surface area (Å²) in [6.07, 6.45) is -2.03.